The van der Waals surface area contributed by atoms with Gasteiger partial charge in [-0.3, -0.25) is 10.1 Å². The van der Waals surface area contributed by atoms with Crippen molar-refractivity contribution < 1.29 is 10.0 Å². The van der Waals surface area contributed by atoms with Crippen molar-refractivity contribution in [3.63, 3.8) is 0 Å². The summed E-state index contributed by atoms with van der Waals surface area (Å²) in [6, 6.07) is 4.39. The summed E-state index contributed by atoms with van der Waals surface area (Å²) in [5.74, 6) is 0. The number of aliphatic hydroxyl groups is 1. The summed E-state index contributed by atoms with van der Waals surface area (Å²) in [7, 11) is 0. The second-order valence-corrected chi connectivity index (χ2v) is 4.87. The van der Waals surface area contributed by atoms with Gasteiger partial charge in [0.05, 0.1) is 4.92 Å². The van der Waals surface area contributed by atoms with Crippen molar-refractivity contribution in [2.45, 2.75) is 32.2 Å². The Balaban J connectivity index is 3.08. The number of nitrogens with one attached hydrogen (secondary N) is 1. The van der Waals surface area contributed by atoms with Crippen LogP contribution in [-0.4, -0.2) is 22.2 Å². The molecule has 0 spiro atoms. The largest absolute Gasteiger partial charge is 0.396 e. The lowest BCUT2D eigenvalue weighted by Gasteiger charge is -2.30. The fraction of sp³-hybridized carbons (Fsp3) is 0.500. The third-order valence-electron chi connectivity index (χ3n) is 3.04. The van der Waals surface area contributed by atoms with Gasteiger partial charge in [-0.1, -0.05) is 18.5 Å². The number of hydrogen-bond donors (Lipinski definition) is 2. The maximum Gasteiger partial charge on any atom is 0.292 e. The van der Waals surface area contributed by atoms with Crippen molar-refractivity contribution in [2.24, 2.45) is 0 Å². The van der Waals surface area contributed by atoms with Crippen LogP contribution >= 0.6 is 11.6 Å². The third kappa shape index (κ3) is 3.58. The molecule has 2 N–H and O–H groups in total. The molecule has 1 aromatic rings. The van der Waals surface area contributed by atoms with Gasteiger partial charge in [-0.25, -0.2) is 0 Å². The number of nitrogens with zero attached hydrogens (tertiary/aromatic N) is 1. The molecule has 6 heteroatoms. The molecule has 1 rings (SSSR count). The van der Waals surface area contributed by atoms with Gasteiger partial charge in [0.2, 0.25) is 0 Å². The number of benzene rings is 1. The molecule has 0 heterocycles. The fourth-order valence-electron chi connectivity index (χ4n) is 1.67. The third-order valence-corrected chi connectivity index (χ3v) is 3.27. The van der Waals surface area contributed by atoms with Gasteiger partial charge in [-0.05, 0) is 31.9 Å². The lowest BCUT2D eigenvalue weighted by atomic mass is 9.94. The second kappa shape index (κ2) is 6.02. The smallest absolute Gasteiger partial charge is 0.292 e. The lowest BCUT2D eigenvalue weighted by Crippen LogP contribution is -2.35. The van der Waals surface area contributed by atoms with E-state index in [4.69, 9.17) is 16.7 Å². The van der Waals surface area contributed by atoms with E-state index in [1.165, 1.54) is 18.2 Å². The minimum Gasteiger partial charge on any atom is -0.396 e. The van der Waals surface area contributed by atoms with Crippen molar-refractivity contribution in [1.29, 1.82) is 0 Å². The molecule has 1 aromatic carbocycles. The van der Waals surface area contributed by atoms with Crippen molar-refractivity contribution >= 4 is 23.0 Å². The standard InChI is InChI=1S/C12H17ClN2O3/c1-3-12(2,6-7-16)14-10-8-9(13)4-5-11(10)15(17)18/h4-5,8,14,16H,3,6-7H2,1-2H3. The molecule has 0 amide bonds. The van der Waals surface area contributed by atoms with Gasteiger partial charge in [-0.15, -0.1) is 0 Å². The Hall–Kier alpha value is -1.33. The van der Waals surface area contributed by atoms with Crippen LogP contribution < -0.4 is 5.32 Å². The van der Waals surface area contributed by atoms with Crippen LogP contribution in [0.15, 0.2) is 18.2 Å². The van der Waals surface area contributed by atoms with Crippen molar-refractivity contribution in [3.05, 3.63) is 33.3 Å². The predicted octanol–water partition coefficient (Wildman–Crippen LogP) is 3.21. The molecule has 0 aliphatic rings. The van der Waals surface area contributed by atoms with Crippen LogP contribution in [0, 0.1) is 10.1 Å². The number of hydrogen-bond acceptors (Lipinski definition) is 4. The van der Waals surface area contributed by atoms with Gasteiger partial charge in [0.1, 0.15) is 5.69 Å². The molecule has 0 fully saturated rings. The molecule has 0 bridgehead atoms. The second-order valence-electron chi connectivity index (χ2n) is 4.43. The Kier molecular flexibility index (Phi) is 4.93. The normalized spacial score (nSPS) is 14.0. The summed E-state index contributed by atoms with van der Waals surface area (Å²) < 4.78 is 0. The summed E-state index contributed by atoms with van der Waals surface area (Å²) >= 11 is 5.86. The molecule has 18 heavy (non-hydrogen) atoms. The maximum absolute atomic E-state index is 10.9. The molecule has 1 atom stereocenters. The molecule has 0 aliphatic heterocycles. The first-order valence-electron chi connectivity index (χ1n) is 5.75. The van der Waals surface area contributed by atoms with Gasteiger partial charge in [-0.2, -0.15) is 0 Å². The summed E-state index contributed by atoms with van der Waals surface area (Å²) in [6.45, 7) is 3.89. The van der Waals surface area contributed by atoms with Gasteiger partial charge in [0.15, 0.2) is 0 Å². The molecule has 0 radical (unpaired) electrons. The number of rotatable bonds is 6. The topological polar surface area (TPSA) is 75.4 Å². The van der Waals surface area contributed by atoms with Gasteiger partial charge in [0, 0.05) is 23.2 Å². The van der Waals surface area contributed by atoms with E-state index in [1.54, 1.807) is 0 Å². The van der Waals surface area contributed by atoms with Crippen LogP contribution in [-0.2, 0) is 0 Å². The van der Waals surface area contributed by atoms with Crippen LogP contribution in [0.1, 0.15) is 26.7 Å². The summed E-state index contributed by atoms with van der Waals surface area (Å²) in [5.41, 5.74) is -0.0354. The quantitative estimate of drug-likeness (QED) is 0.616. The average Bonchev–Trinajstić information content (AvgIpc) is 2.29. The molecule has 1 unspecified atom stereocenters. The summed E-state index contributed by atoms with van der Waals surface area (Å²) in [6.07, 6.45) is 1.24. The first-order valence-corrected chi connectivity index (χ1v) is 6.12. The Bertz CT molecular complexity index is 439. The van der Waals surface area contributed by atoms with Crippen LogP contribution in [0.3, 0.4) is 0 Å². The zero-order valence-electron chi connectivity index (χ0n) is 10.4. The highest BCUT2D eigenvalue weighted by atomic mass is 35.5. The van der Waals surface area contributed by atoms with E-state index in [-0.39, 0.29) is 12.3 Å². The van der Waals surface area contributed by atoms with Crippen LogP contribution in [0.4, 0.5) is 11.4 Å². The Morgan fingerprint density at radius 2 is 2.22 bits per heavy atom. The molecule has 100 valence electrons. The zero-order chi connectivity index (χ0) is 13.8. The van der Waals surface area contributed by atoms with E-state index in [0.717, 1.165) is 6.42 Å². The number of anilines is 1. The minimum atomic E-state index is -0.451. The Morgan fingerprint density at radius 1 is 1.56 bits per heavy atom. The van der Waals surface area contributed by atoms with E-state index in [9.17, 15) is 10.1 Å². The highest BCUT2D eigenvalue weighted by Gasteiger charge is 2.25. The number of aliphatic hydroxyl groups excluding tert-OH is 1. The van der Waals surface area contributed by atoms with Crippen molar-refractivity contribution in [3.8, 4) is 0 Å². The van der Waals surface area contributed by atoms with Crippen molar-refractivity contribution in [2.75, 3.05) is 11.9 Å². The number of halogens is 1. The molecule has 0 aromatic heterocycles. The van der Waals surface area contributed by atoms with E-state index >= 15 is 0 Å². The summed E-state index contributed by atoms with van der Waals surface area (Å²) in [4.78, 5) is 10.5. The van der Waals surface area contributed by atoms with Crippen LogP contribution in [0.25, 0.3) is 0 Å². The van der Waals surface area contributed by atoms with Gasteiger partial charge >= 0.3 is 0 Å². The lowest BCUT2D eigenvalue weighted by molar-refractivity contribution is -0.384. The highest BCUT2D eigenvalue weighted by molar-refractivity contribution is 6.31. The molecular weight excluding hydrogens is 256 g/mol. The minimum absolute atomic E-state index is 0.0167. The van der Waals surface area contributed by atoms with Crippen LogP contribution in [0.2, 0.25) is 5.02 Å². The number of nitro groups is 1. The molecular formula is C12H17ClN2O3. The average molecular weight is 273 g/mol. The first-order chi connectivity index (χ1) is 8.41. The molecule has 0 saturated heterocycles. The highest BCUT2D eigenvalue weighted by Crippen LogP contribution is 2.31. The SMILES string of the molecule is CCC(C)(CCO)Nc1cc(Cl)ccc1[N+](=O)[O-]. The zero-order valence-corrected chi connectivity index (χ0v) is 11.2. The number of nitro benzene ring substituents is 1. The van der Waals surface area contributed by atoms with Gasteiger partial charge in [0.25, 0.3) is 5.69 Å². The molecule has 5 nitrogen and oxygen atoms in total. The van der Waals surface area contributed by atoms with Crippen LogP contribution in [0.5, 0.6) is 0 Å². The Morgan fingerprint density at radius 3 is 2.72 bits per heavy atom. The predicted molar refractivity (Wildman–Crippen MR) is 72.1 cm³/mol. The fourth-order valence-corrected chi connectivity index (χ4v) is 1.84. The van der Waals surface area contributed by atoms with E-state index in [1.807, 2.05) is 13.8 Å². The van der Waals surface area contributed by atoms with E-state index < -0.39 is 10.5 Å². The molecule has 0 aliphatic carbocycles. The molecule has 0 saturated carbocycles. The maximum atomic E-state index is 10.9. The van der Waals surface area contributed by atoms with Crippen molar-refractivity contribution in [1.82, 2.24) is 0 Å². The van der Waals surface area contributed by atoms with Gasteiger partial charge < -0.3 is 10.4 Å². The Labute approximate surface area is 111 Å². The first kappa shape index (κ1) is 14.7. The summed E-state index contributed by atoms with van der Waals surface area (Å²) in [5, 5.41) is 23.5. The van der Waals surface area contributed by atoms with E-state index in [2.05, 4.69) is 5.32 Å². The monoisotopic (exact) mass is 272 g/mol. The van der Waals surface area contributed by atoms with E-state index in [0.29, 0.717) is 17.1 Å².